The van der Waals surface area contributed by atoms with Gasteiger partial charge in [-0.3, -0.25) is 4.79 Å². The summed E-state index contributed by atoms with van der Waals surface area (Å²) in [7, 11) is 0. The van der Waals surface area contributed by atoms with Crippen LogP contribution < -0.4 is 10.9 Å². The first-order valence-electron chi connectivity index (χ1n) is 7.62. The van der Waals surface area contributed by atoms with Crippen LogP contribution in [0.4, 0.5) is 0 Å². The highest BCUT2D eigenvalue weighted by Crippen LogP contribution is 2.23. The van der Waals surface area contributed by atoms with E-state index in [2.05, 4.69) is 5.32 Å². The molecule has 2 aromatic rings. The first-order chi connectivity index (χ1) is 10.6. The van der Waals surface area contributed by atoms with Crippen molar-refractivity contribution in [2.24, 2.45) is 5.92 Å². The summed E-state index contributed by atoms with van der Waals surface area (Å²) in [5.41, 5.74) is -0.130. The zero-order valence-corrected chi connectivity index (χ0v) is 12.2. The number of rotatable bonds is 3. The second-order valence-corrected chi connectivity index (χ2v) is 5.88. The maximum Gasteiger partial charge on any atom is 0.349 e. The molecule has 0 aliphatic heterocycles. The largest absolute Gasteiger partial charge is 0.422 e. The smallest absolute Gasteiger partial charge is 0.349 e. The second-order valence-electron chi connectivity index (χ2n) is 5.88. The molecule has 0 saturated heterocycles. The summed E-state index contributed by atoms with van der Waals surface area (Å²) in [5, 5.41) is 13.2. The van der Waals surface area contributed by atoms with Gasteiger partial charge in [-0.05, 0) is 37.3 Å². The number of nitrogens with one attached hydrogen (secondary N) is 1. The lowest BCUT2D eigenvalue weighted by Crippen LogP contribution is -2.34. The number of benzene rings is 1. The van der Waals surface area contributed by atoms with Gasteiger partial charge in [0.15, 0.2) is 0 Å². The van der Waals surface area contributed by atoms with Crippen LogP contribution in [0, 0.1) is 5.92 Å². The number of hydrogen-bond acceptors (Lipinski definition) is 4. The molecular weight excluding hydrogens is 282 g/mol. The monoisotopic (exact) mass is 301 g/mol. The van der Waals surface area contributed by atoms with E-state index in [-0.39, 0.29) is 17.6 Å². The van der Waals surface area contributed by atoms with Crippen molar-refractivity contribution in [1.82, 2.24) is 5.32 Å². The van der Waals surface area contributed by atoms with E-state index in [1.165, 1.54) is 0 Å². The van der Waals surface area contributed by atoms with Gasteiger partial charge < -0.3 is 14.8 Å². The number of fused-ring (bicyclic) bond motifs is 1. The van der Waals surface area contributed by atoms with Crippen molar-refractivity contribution in [3.05, 3.63) is 46.3 Å². The maximum atomic E-state index is 12.2. The van der Waals surface area contributed by atoms with Crippen LogP contribution in [-0.2, 0) is 0 Å². The summed E-state index contributed by atoms with van der Waals surface area (Å²) < 4.78 is 5.17. The van der Waals surface area contributed by atoms with Gasteiger partial charge in [0.05, 0.1) is 6.10 Å². The van der Waals surface area contributed by atoms with E-state index in [0.29, 0.717) is 18.5 Å². The van der Waals surface area contributed by atoms with Gasteiger partial charge in [0, 0.05) is 11.9 Å². The Balaban J connectivity index is 1.72. The van der Waals surface area contributed by atoms with Crippen molar-refractivity contribution in [1.29, 1.82) is 0 Å². The molecule has 1 fully saturated rings. The normalized spacial score (nSPS) is 21.7. The molecule has 1 heterocycles. The zero-order valence-electron chi connectivity index (χ0n) is 12.2. The highest BCUT2D eigenvalue weighted by Gasteiger charge is 2.21. The first kappa shape index (κ1) is 14.8. The van der Waals surface area contributed by atoms with Crippen molar-refractivity contribution >= 4 is 16.9 Å². The van der Waals surface area contributed by atoms with Crippen LogP contribution in [0.3, 0.4) is 0 Å². The lowest BCUT2D eigenvalue weighted by Gasteiger charge is -2.25. The third-order valence-electron chi connectivity index (χ3n) is 4.19. The Morgan fingerprint density at radius 1 is 1.32 bits per heavy atom. The number of hydrogen-bond donors (Lipinski definition) is 2. The molecule has 1 aromatic heterocycles. The number of carbonyl (C=O) groups is 1. The van der Waals surface area contributed by atoms with Crippen molar-refractivity contribution in [2.75, 3.05) is 6.54 Å². The molecule has 5 heteroatoms. The van der Waals surface area contributed by atoms with E-state index in [4.69, 9.17) is 4.42 Å². The van der Waals surface area contributed by atoms with E-state index in [9.17, 15) is 14.7 Å². The minimum Gasteiger partial charge on any atom is -0.422 e. The van der Waals surface area contributed by atoms with E-state index in [1.54, 1.807) is 24.3 Å². The molecule has 2 atom stereocenters. The van der Waals surface area contributed by atoms with Crippen molar-refractivity contribution in [3.8, 4) is 0 Å². The van der Waals surface area contributed by atoms with Gasteiger partial charge in [-0.15, -0.1) is 0 Å². The van der Waals surface area contributed by atoms with E-state index >= 15 is 0 Å². The summed E-state index contributed by atoms with van der Waals surface area (Å²) in [6, 6.07) is 8.66. The summed E-state index contributed by atoms with van der Waals surface area (Å²) >= 11 is 0. The minimum atomic E-state index is -0.625. The van der Waals surface area contributed by atoms with Gasteiger partial charge in [-0.1, -0.05) is 24.6 Å². The summed E-state index contributed by atoms with van der Waals surface area (Å²) in [6.45, 7) is 0.474. The zero-order chi connectivity index (χ0) is 15.5. The lowest BCUT2D eigenvalue weighted by atomic mass is 9.87. The third-order valence-corrected chi connectivity index (χ3v) is 4.19. The Bertz CT molecular complexity index is 737. The molecule has 1 saturated carbocycles. The standard InChI is InChI=1S/C17H19NO4/c19-13-6-3-4-11(8-13)10-18-16(20)14-9-12-5-1-2-7-15(12)22-17(14)21/h1-2,5,7,9,11,13,19H,3-4,6,8,10H2,(H,18,20). The SMILES string of the molecule is O=C(NCC1CCCC(O)C1)c1cc2ccccc2oc1=O. The summed E-state index contributed by atoms with van der Waals surface area (Å²) in [4.78, 5) is 24.1. The Morgan fingerprint density at radius 3 is 2.95 bits per heavy atom. The Morgan fingerprint density at radius 2 is 2.14 bits per heavy atom. The average Bonchev–Trinajstić information content (AvgIpc) is 2.52. The number of aliphatic hydroxyl groups excluding tert-OH is 1. The van der Waals surface area contributed by atoms with Gasteiger partial charge >= 0.3 is 5.63 Å². The number of carbonyl (C=O) groups excluding carboxylic acids is 1. The number of para-hydroxylation sites is 1. The van der Waals surface area contributed by atoms with Crippen LogP contribution >= 0.6 is 0 Å². The lowest BCUT2D eigenvalue weighted by molar-refractivity contribution is 0.0871. The molecule has 5 nitrogen and oxygen atoms in total. The van der Waals surface area contributed by atoms with Gasteiger partial charge in [0.25, 0.3) is 5.91 Å². The van der Waals surface area contributed by atoms with Gasteiger partial charge in [-0.25, -0.2) is 4.79 Å². The maximum absolute atomic E-state index is 12.2. The fraction of sp³-hybridized carbons (Fsp3) is 0.412. The molecule has 1 aliphatic carbocycles. The minimum absolute atomic E-state index is 0.0232. The molecule has 2 N–H and O–H groups in total. The number of amides is 1. The predicted molar refractivity (Wildman–Crippen MR) is 82.8 cm³/mol. The van der Waals surface area contributed by atoms with Crippen LogP contribution in [0.2, 0.25) is 0 Å². The fourth-order valence-corrected chi connectivity index (χ4v) is 3.00. The predicted octanol–water partition coefficient (Wildman–Crippen LogP) is 2.07. The highest BCUT2D eigenvalue weighted by molar-refractivity contribution is 5.96. The quantitative estimate of drug-likeness (QED) is 0.851. The van der Waals surface area contributed by atoms with E-state index in [0.717, 1.165) is 24.6 Å². The Hall–Kier alpha value is -2.14. The molecule has 22 heavy (non-hydrogen) atoms. The number of aliphatic hydroxyl groups is 1. The van der Waals surface area contributed by atoms with E-state index in [1.807, 2.05) is 6.07 Å². The topological polar surface area (TPSA) is 79.5 Å². The van der Waals surface area contributed by atoms with Gasteiger partial charge in [0.1, 0.15) is 11.1 Å². The first-order valence-corrected chi connectivity index (χ1v) is 7.62. The van der Waals surface area contributed by atoms with Crippen LogP contribution in [-0.4, -0.2) is 23.7 Å². The van der Waals surface area contributed by atoms with E-state index < -0.39 is 11.5 Å². The second kappa shape index (κ2) is 6.32. The fourth-order valence-electron chi connectivity index (χ4n) is 3.00. The molecule has 3 rings (SSSR count). The Kier molecular flexibility index (Phi) is 4.24. The highest BCUT2D eigenvalue weighted by atomic mass is 16.4. The van der Waals surface area contributed by atoms with Crippen LogP contribution in [0.25, 0.3) is 11.0 Å². The molecule has 2 unspecified atom stereocenters. The molecule has 0 radical (unpaired) electrons. The molecule has 1 aliphatic rings. The van der Waals surface area contributed by atoms with Crippen LogP contribution in [0.5, 0.6) is 0 Å². The molecule has 0 spiro atoms. The van der Waals surface area contributed by atoms with Crippen LogP contribution in [0.15, 0.2) is 39.5 Å². The van der Waals surface area contributed by atoms with Crippen molar-refractivity contribution in [3.63, 3.8) is 0 Å². The molecule has 1 aromatic carbocycles. The molecule has 1 amide bonds. The van der Waals surface area contributed by atoms with Crippen molar-refractivity contribution in [2.45, 2.75) is 31.8 Å². The van der Waals surface area contributed by atoms with Crippen LogP contribution in [0.1, 0.15) is 36.0 Å². The van der Waals surface area contributed by atoms with Crippen molar-refractivity contribution < 1.29 is 14.3 Å². The molecular formula is C17H19NO4. The molecule has 0 bridgehead atoms. The Labute approximate surface area is 127 Å². The third kappa shape index (κ3) is 3.20. The summed E-state index contributed by atoms with van der Waals surface area (Å²) in [5.74, 6) is -0.153. The molecule has 116 valence electrons. The average molecular weight is 301 g/mol. The summed E-state index contributed by atoms with van der Waals surface area (Å²) in [6.07, 6.45) is 3.22. The van der Waals surface area contributed by atoms with Gasteiger partial charge in [-0.2, -0.15) is 0 Å². The van der Waals surface area contributed by atoms with Gasteiger partial charge in [0.2, 0.25) is 0 Å².